The van der Waals surface area contributed by atoms with E-state index in [1.165, 1.54) is 10.4 Å². The molecule has 1 N–H and O–H groups in total. The summed E-state index contributed by atoms with van der Waals surface area (Å²) in [6, 6.07) is 7.54. The number of fused-ring (bicyclic) bond motifs is 1. The number of carbonyl (C=O) groups excluding carboxylic acids is 1. The van der Waals surface area contributed by atoms with Gasteiger partial charge in [-0.3, -0.25) is 9.10 Å². The second kappa shape index (κ2) is 6.44. The number of nitrogens with one attached hydrogen (secondary N) is 1. The van der Waals surface area contributed by atoms with Crippen LogP contribution in [0.1, 0.15) is 22.8 Å². The average Bonchev–Trinajstić information content (AvgIpc) is 3.01. The zero-order valence-electron chi connectivity index (χ0n) is 13.4. The molecule has 0 aliphatic carbocycles. The lowest BCUT2D eigenvalue weighted by molar-refractivity contribution is 0.102. The van der Waals surface area contributed by atoms with Crippen molar-refractivity contribution in [2.75, 3.05) is 21.9 Å². The number of hydrogen-bond donors (Lipinski definition) is 1. The number of amides is 1. The van der Waals surface area contributed by atoms with Crippen LogP contribution < -0.4 is 9.62 Å². The molecule has 2 aromatic rings. The number of carbonyl (C=O) groups is 1. The standard InChI is InChI=1S/C17H16F2N2O3S/c1-2-25(23,24)21-8-7-11-9-12(3-6-16(11)21)17(22)20-15-5-4-13(18)10-14(15)19/h3-6,9-10H,2,7-8H2,1H3,(H,20,22). The highest BCUT2D eigenvalue weighted by Crippen LogP contribution is 2.31. The fourth-order valence-electron chi connectivity index (χ4n) is 2.74. The fourth-order valence-corrected chi connectivity index (χ4v) is 3.90. The maximum atomic E-state index is 13.6. The van der Waals surface area contributed by atoms with Gasteiger partial charge in [-0.15, -0.1) is 0 Å². The molecule has 1 heterocycles. The van der Waals surface area contributed by atoms with Crippen molar-refractivity contribution in [1.29, 1.82) is 0 Å². The van der Waals surface area contributed by atoms with Gasteiger partial charge in [0.05, 0.1) is 17.1 Å². The van der Waals surface area contributed by atoms with Gasteiger partial charge >= 0.3 is 0 Å². The van der Waals surface area contributed by atoms with Crippen LogP contribution in [-0.4, -0.2) is 26.6 Å². The van der Waals surface area contributed by atoms with Crippen molar-refractivity contribution in [3.8, 4) is 0 Å². The molecular weight excluding hydrogens is 350 g/mol. The molecule has 1 aliphatic rings. The van der Waals surface area contributed by atoms with E-state index in [-0.39, 0.29) is 17.0 Å². The fraction of sp³-hybridized carbons (Fsp3) is 0.235. The van der Waals surface area contributed by atoms with E-state index < -0.39 is 27.6 Å². The molecule has 5 nitrogen and oxygen atoms in total. The molecule has 0 fully saturated rings. The number of halogens is 2. The van der Waals surface area contributed by atoms with Crippen LogP contribution in [0, 0.1) is 11.6 Å². The lowest BCUT2D eigenvalue weighted by atomic mass is 10.1. The van der Waals surface area contributed by atoms with Crippen LogP contribution in [0.15, 0.2) is 36.4 Å². The first-order valence-corrected chi connectivity index (χ1v) is 9.32. The Kier molecular flexibility index (Phi) is 4.47. The molecule has 0 unspecified atom stereocenters. The van der Waals surface area contributed by atoms with Gasteiger partial charge in [-0.1, -0.05) is 0 Å². The van der Waals surface area contributed by atoms with E-state index in [1.807, 2.05) is 0 Å². The summed E-state index contributed by atoms with van der Waals surface area (Å²) in [5.41, 5.74) is 1.45. The van der Waals surface area contributed by atoms with Gasteiger partial charge in [-0.25, -0.2) is 17.2 Å². The Bertz CT molecular complexity index is 945. The van der Waals surface area contributed by atoms with Gasteiger partial charge in [0.15, 0.2) is 0 Å². The van der Waals surface area contributed by atoms with E-state index in [2.05, 4.69) is 5.32 Å². The van der Waals surface area contributed by atoms with Crippen molar-refractivity contribution in [1.82, 2.24) is 0 Å². The summed E-state index contributed by atoms with van der Waals surface area (Å²) >= 11 is 0. The van der Waals surface area contributed by atoms with Crippen molar-refractivity contribution < 1.29 is 22.0 Å². The van der Waals surface area contributed by atoms with Gasteiger partial charge < -0.3 is 5.32 Å². The second-order valence-corrected chi connectivity index (χ2v) is 7.83. The third kappa shape index (κ3) is 3.34. The van der Waals surface area contributed by atoms with Crippen molar-refractivity contribution >= 4 is 27.3 Å². The normalized spacial score (nSPS) is 13.6. The second-order valence-electron chi connectivity index (χ2n) is 5.64. The topological polar surface area (TPSA) is 66.5 Å². The van der Waals surface area contributed by atoms with Gasteiger partial charge in [0.25, 0.3) is 5.91 Å². The number of benzene rings is 2. The van der Waals surface area contributed by atoms with Crippen LogP contribution in [0.4, 0.5) is 20.2 Å². The lowest BCUT2D eigenvalue weighted by Crippen LogP contribution is -2.30. The molecule has 0 bridgehead atoms. The largest absolute Gasteiger partial charge is 0.319 e. The molecule has 1 aliphatic heterocycles. The Morgan fingerprint density at radius 3 is 2.64 bits per heavy atom. The Balaban J connectivity index is 1.84. The first kappa shape index (κ1) is 17.3. The molecule has 8 heteroatoms. The summed E-state index contributed by atoms with van der Waals surface area (Å²) in [6.07, 6.45) is 0.501. The first-order valence-electron chi connectivity index (χ1n) is 7.71. The van der Waals surface area contributed by atoms with Crippen LogP contribution >= 0.6 is 0 Å². The molecule has 0 atom stereocenters. The van der Waals surface area contributed by atoms with Gasteiger partial charge in [0.1, 0.15) is 11.6 Å². The molecule has 2 aromatic carbocycles. The molecule has 0 aromatic heterocycles. The van der Waals surface area contributed by atoms with E-state index in [1.54, 1.807) is 19.1 Å². The zero-order valence-corrected chi connectivity index (χ0v) is 14.2. The Hall–Kier alpha value is -2.48. The minimum atomic E-state index is -3.35. The SMILES string of the molecule is CCS(=O)(=O)N1CCc2cc(C(=O)Nc3ccc(F)cc3F)ccc21. The van der Waals surface area contributed by atoms with Crippen LogP contribution in [0.25, 0.3) is 0 Å². The number of nitrogens with zero attached hydrogens (tertiary/aromatic N) is 1. The third-order valence-electron chi connectivity index (χ3n) is 4.07. The number of hydrogen-bond acceptors (Lipinski definition) is 3. The quantitative estimate of drug-likeness (QED) is 0.905. The summed E-state index contributed by atoms with van der Waals surface area (Å²) in [7, 11) is -3.35. The third-order valence-corrected chi connectivity index (χ3v) is 5.85. The molecule has 1 amide bonds. The van der Waals surface area contributed by atoms with Crippen molar-refractivity contribution in [2.45, 2.75) is 13.3 Å². The van der Waals surface area contributed by atoms with Crippen LogP contribution in [-0.2, 0) is 16.4 Å². The molecule has 0 saturated carbocycles. The van der Waals surface area contributed by atoms with Gasteiger partial charge in [0, 0.05) is 18.2 Å². The Morgan fingerprint density at radius 1 is 1.20 bits per heavy atom. The maximum absolute atomic E-state index is 13.6. The van der Waals surface area contributed by atoms with E-state index >= 15 is 0 Å². The zero-order chi connectivity index (χ0) is 18.2. The summed E-state index contributed by atoms with van der Waals surface area (Å²) in [5, 5.41) is 2.39. The monoisotopic (exact) mass is 366 g/mol. The summed E-state index contributed by atoms with van der Waals surface area (Å²) in [4.78, 5) is 12.3. The first-order chi connectivity index (χ1) is 11.8. The predicted octanol–water partition coefficient (Wildman–Crippen LogP) is 2.93. The summed E-state index contributed by atoms with van der Waals surface area (Å²) in [5.74, 6) is -2.15. The van der Waals surface area contributed by atoms with Gasteiger partial charge in [0.2, 0.25) is 10.0 Å². The summed E-state index contributed by atoms with van der Waals surface area (Å²) < 4.78 is 52.0. The number of rotatable bonds is 4. The van der Waals surface area contributed by atoms with Gasteiger partial charge in [-0.2, -0.15) is 0 Å². The summed E-state index contributed by atoms with van der Waals surface area (Å²) in [6.45, 7) is 1.91. The molecular formula is C17H16F2N2O3S. The molecule has 3 rings (SSSR count). The molecule has 0 spiro atoms. The highest BCUT2D eigenvalue weighted by Gasteiger charge is 2.28. The molecule has 132 valence electrons. The highest BCUT2D eigenvalue weighted by molar-refractivity contribution is 7.92. The Labute approximate surface area is 144 Å². The van der Waals surface area contributed by atoms with E-state index in [0.29, 0.717) is 24.7 Å². The lowest BCUT2D eigenvalue weighted by Gasteiger charge is -2.18. The minimum Gasteiger partial charge on any atom is -0.319 e. The molecule has 0 radical (unpaired) electrons. The Morgan fingerprint density at radius 2 is 1.96 bits per heavy atom. The van der Waals surface area contributed by atoms with E-state index in [0.717, 1.165) is 17.7 Å². The number of sulfonamides is 1. The van der Waals surface area contributed by atoms with Crippen molar-refractivity contribution in [3.63, 3.8) is 0 Å². The predicted molar refractivity (Wildman–Crippen MR) is 91.3 cm³/mol. The van der Waals surface area contributed by atoms with Gasteiger partial charge in [-0.05, 0) is 49.2 Å². The van der Waals surface area contributed by atoms with Crippen LogP contribution in [0.2, 0.25) is 0 Å². The van der Waals surface area contributed by atoms with Crippen LogP contribution in [0.3, 0.4) is 0 Å². The molecule has 0 saturated heterocycles. The highest BCUT2D eigenvalue weighted by atomic mass is 32.2. The van der Waals surface area contributed by atoms with Crippen molar-refractivity contribution in [3.05, 3.63) is 59.2 Å². The van der Waals surface area contributed by atoms with E-state index in [4.69, 9.17) is 0 Å². The van der Waals surface area contributed by atoms with Crippen LogP contribution in [0.5, 0.6) is 0 Å². The van der Waals surface area contributed by atoms with E-state index in [9.17, 15) is 22.0 Å². The number of anilines is 2. The molecule has 25 heavy (non-hydrogen) atoms. The minimum absolute atomic E-state index is 0.00147. The maximum Gasteiger partial charge on any atom is 0.255 e. The van der Waals surface area contributed by atoms with Crippen molar-refractivity contribution in [2.24, 2.45) is 0 Å². The smallest absolute Gasteiger partial charge is 0.255 e. The average molecular weight is 366 g/mol.